The summed E-state index contributed by atoms with van der Waals surface area (Å²) in [6, 6.07) is -0.0605. The third-order valence-electron chi connectivity index (χ3n) is 3.11. The van der Waals surface area contributed by atoms with E-state index in [4.69, 9.17) is 15.2 Å². The van der Waals surface area contributed by atoms with Gasteiger partial charge in [0.05, 0.1) is 11.5 Å². The molecule has 17 heavy (non-hydrogen) atoms. The van der Waals surface area contributed by atoms with Gasteiger partial charge in [-0.05, 0) is 25.2 Å². The number of hydrogen-bond acceptors (Lipinski definition) is 5. The second-order valence-electron chi connectivity index (χ2n) is 4.57. The zero-order valence-corrected chi connectivity index (χ0v) is 11.2. The number of sulfone groups is 1. The highest BCUT2D eigenvalue weighted by Gasteiger charge is 2.31. The fourth-order valence-electron chi connectivity index (χ4n) is 2.02. The molecular formula is C11H23NO4S. The first kappa shape index (κ1) is 14.9. The van der Waals surface area contributed by atoms with Crippen molar-refractivity contribution in [3.63, 3.8) is 0 Å². The van der Waals surface area contributed by atoms with E-state index in [0.29, 0.717) is 32.0 Å². The molecule has 0 aromatic rings. The first-order valence-corrected chi connectivity index (χ1v) is 7.90. The molecule has 2 atom stereocenters. The van der Waals surface area contributed by atoms with Crippen LogP contribution in [-0.4, -0.2) is 52.9 Å². The van der Waals surface area contributed by atoms with Crippen LogP contribution in [0.15, 0.2) is 0 Å². The molecule has 1 fully saturated rings. The van der Waals surface area contributed by atoms with E-state index in [1.807, 2.05) is 0 Å². The highest BCUT2D eigenvalue weighted by Crippen LogP contribution is 2.22. The molecule has 0 radical (unpaired) electrons. The molecule has 5 nitrogen and oxygen atoms in total. The van der Waals surface area contributed by atoms with E-state index in [2.05, 4.69) is 0 Å². The summed E-state index contributed by atoms with van der Waals surface area (Å²) in [6.45, 7) is 1.97. The van der Waals surface area contributed by atoms with Crippen molar-refractivity contribution >= 4 is 9.84 Å². The van der Waals surface area contributed by atoms with Gasteiger partial charge >= 0.3 is 0 Å². The molecule has 102 valence electrons. The van der Waals surface area contributed by atoms with Gasteiger partial charge < -0.3 is 15.2 Å². The molecule has 0 aromatic heterocycles. The zero-order chi connectivity index (χ0) is 12.7. The van der Waals surface area contributed by atoms with E-state index in [1.165, 1.54) is 0 Å². The van der Waals surface area contributed by atoms with Gasteiger partial charge in [0.1, 0.15) is 0 Å². The molecule has 2 unspecified atom stereocenters. The van der Waals surface area contributed by atoms with Gasteiger partial charge in [-0.25, -0.2) is 8.42 Å². The largest absolute Gasteiger partial charge is 0.385 e. The Morgan fingerprint density at radius 2 is 2.12 bits per heavy atom. The average molecular weight is 265 g/mol. The quantitative estimate of drug-likeness (QED) is 0.634. The number of methoxy groups -OCH3 is 1. The SMILES string of the molecule is COCCCOCCC(N)C1CCS(=O)(=O)C1. The van der Waals surface area contributed by atoms with Crippen molar-refractivity contribution in [2.24, 2.45) is 11.7 Å². The van der Waals surface area contributed by atoms with E-state index in [0.717, 1.165) is 12.8 Å². The van der Waals surface area contributed by atoms with Crippen LogP contribution in [0.5, 0.6) is 0 Å². The summed E-state index contributed by atoms with van der Waals surface area (Å²) in [5.41, 5.74) is 5.97. The minimum Gasteiger partial charge on any atom is -0.385 e. The zero-order valence-electron chi connectivity index (χ0n) is 10.4. The Bertz CT molecular complexity index is 305. The summed E-state index contributed by atoms with van der Waals surface area (Å²) >= 11 is 0. The van der Waals surface area contributed by atoms with Crippen molar-refractivity contribution in [3.05, 3.63) is 0 Å². The van der Waals surface area contributed by atoms with Gasteiger partial charge in [0.25, 0.3) is 0 Å². The maximum absolute atomic E-state index is 11.3. The maximum Gasteiger partial charge on any atom is 0.150 e. The maximum atomic E-state index is 11.3. The van der Waals surface area contributed by atoms with Gasteiger partial charge in [0.2, 0.25) is 0 Å². The average Bonchev–Trinajstić information content (AvgIpc) is 2.64. The topological polar surface area (TPSA) is 78.6 Å². The standard InChI is InChI=1S/C11H23NO4S/c1-15-5-2-6-16-7-3-11(12)10-4-8-17(13,14)9-10/h10-11H,2-9,12H2,1H3. The number of hydrogen-bond donors (Lipinski definition) is 1. The summed E-state index contributed by atoms with van der Waals surface area (Å²) < 4.78 is 32.9. The molecule has 0 spiro atoms. The van der Waals surface area contributed by atoms with E-state index in [9.17, 15) is 8.42 Å². The molecule has 1 saturated heterocycles. The Morgan fingerprint density at radius 3 is 2.71 bits per heavy atom. The van der Waals surface area contributed by atoms with Crippen LogP contribution in [0.2, 0.25) is 0 Å². The molecule has 2 N–H and O–H groups in total. The second kappa shape index (κ2) is 7.31. The lowest BCUT2D eigenvalue weighted by molar-refractivity contribution is 0.0958. The molecule has 1 heterocycles. The Balaban J connectivity index is 2.07. The molecule has 0 aliphatic carbocycles. The van der Waals surface area contributed by atoms with Crippen LogP contribution in [0, 0.1) is 5.92 Å². The van der Waals surface area contributed by atoms with Crippen LogP contribution in [0.25, 0.3) is 0 Å². The molecule has 0 aromatic carbocycles. The minimum absolute atomic E-state index is 0.0605. The number of nitrogens with two attached hydrogens (primary N) is 1. The van der Waals surface area contributed by atoms with Crippen molar-refractivity contribution in [2.75, 3.05) is 38.4 Å². The molecule has 0 amide bonds. The Kier molecular flexibility index (Phi) is 6.40. The Morgan fingerprint density at radius 1 is 1.35 bits per heavy atom. The third kappa shape index (κ3) is 5.81. The lowest BCUT2D eigenvalue weighted by Gasteiger charge is -2.17. The third-order valence-corrected chi connectivity index (χ3v) is 4.90. The predicted octanol–water partition coefficient (Wildman–Crippen LogP) is 0.192. The molecule has 0 bridgehead atoms. The van der Waals surface area contributed by atoms with Crippen molar-refractivity contribution in [1.29, 1.82) is 0 Å². The van der Waals surface area contributed by atoms with Crippen LogP contribution in [0.4, 0.5) is 0 Å². The van der Waals surface area contributed by atoms with Crippen LogP contribution < -0.4 is 5.73 Å². The second-order valence-corrected chi connectivity index (χ2v) is 6.80. The van der Waals surface area contributed by atoms with Crippen LogP contribution in [0.1, 0.15) is 19.3 Å². The van der Waals surface area contributed by atoms with E-state index in [1.54, 1.807) is 7.11 Å². The van der Waals surface area contributed by atoms with Gasteiger partial charge in [-0.3, -0.25) is 0 Å². The molecular weight excluding hydrogens is 242 g/mol. The molecule has 1 aliphatic heterocycles. The van der Waals surface area contributed by atoms with Gasteiger partial charge in [-0.1, -0.05) is 0 Å². The fraction of sp³-hybridized carbons (Fsp3) is 1.00. The summed E-state index contributed by atoms with van der Waals surface area (Å²) in [5.74, 6) is 0.653. The highest BCUT2D eigenvalue weighted by atomic mass is 32.2. The normalized spacial score (nSPS) is 24.9. The van der Waals surface area contributed by atoms with Gasteiger partial charge in [-0.2, -0.15) is 0 Å². The van der Waals surface area contributed by atoms with Crippen LogP contribution >= 0.6 is 0 Å². The summed E-state index contributed by atoms with van der Waals surface area (Å²) in [7, 11) is -1.16. The smallest absolute Gasteiger partial charge is 0.150 e. The van der Waals surface area contributed by atoms with Gasteiger partial charge in [0.15, 0.2) is 9.84 Å². The fourth-order valence-corrected chi connectivity index (χ4v) is 3.92. The van der Waals surface area contributed by atoms with Crippen molar-refractivity contribution in [2.45, 2.75) is 25.3 Å². The van der Waals surface area contributed by atoms with Gasteiger partial charge in [0, 0.05) is 33.0 Å². The summed E-state index contributed by atoms with van der Waals surface area (Å²) in [4.78, 5) is 0. The Labute approximate surface area is 104 Å². The van der Waals surface area contributed by atoms with Crippen molar-refractivity contribution < 1.29 is 17.9 Å². The van der Waals surface area contributed by atoms with Crippen molar-refractivity contribution in [1.82, 2.24) is 0 Å². The Hall–Kier alpha value is -0.170. The van der Waals surface area contributed by atoms with Crippen LogP contribution in [0.3, 0.4) is 0 Å². The lowest BCUT2D eigenvalue weighted by Crippen LogP contribution is -2.32. The number of rotatable bonds is 8. The first-order valence-electron chi connectivity index (χ1n) is 6.08. The molecule has 6 heteroatoms. The van der Waals surface area contributed by atoms with Crippen LogP contribution in [-0.2, 0) is 19.3 Å². The predicted molar refractivity (Wildman–Crippen MR) is 66.7 cm³/mol. The molecule has 1 rings (SSSR count). The highest BCUT2D eigenvalue weighted by molar-refractivity contribution is 7.91. The monoisotopic (exact) mass is 265 g/mol. The minimum atomic E-state index is -2.82. The van der Waals surface area contributed by atoms with E-state index in [-0.39, 0.29) is 17.7 Å². The van der Waals surface area contributed by atoms with E-state index < -0.39 is 9.84 Å². The molecule has 0 saturated carbocycles. The first-order chi connectivity index (χ1) is 8.05. The number of ether oxygens (including phenoxy) is 2. The van der Waals surface area contributed by atoms with E-state index >= 15 is 0 Å². The summed E-state index contributed by atoms with van der Waals surface area (Å²) in [5, 5.41) is 0. The lowest BCUT2D eigenvalue weighted by atomic mass is 9.98. The van der Waals surface area contributed by atoms with Gasteiger partial charge in [-0.15, -0.1) is 0 Å². The molecule has 1 aliphatic rings. The van der Waals surface area contributed by atoms with Crippen molar-refractivity contribution in [3.8, 4) is 0 Å². The summed E-state index contributed by atoms with van der Waals surface area (Å²) in [6.07, 6.45) is 2.31.